The molecule has 1 N–H and O–H groups in total. The van der Waals surface area contributed by atoms with Crippen molar-refractivity contribution in [3.8, 4) is 0 Å². The molecule has 110 valence electrons. The second-order valence-corrected chi connectivity index (χ2v) is 5.91. The van der Waals surface area contributed by atoms with E-state index in [0.29, 0.717) is 6.04 Å². The third-order valence-electron chi connectivity index (χ3n) is 4.44. The van der Waals surface area contributed by atoms with Gasteiger partial charge in [0.15, 0.2) is 0 Å². The Morgan fingerprint density at radius 3 is 2.67 bits per heavy atom. The van der Waals surface area contributed by atoms with Crippen molar-refractivity contribution in [1.29, 1.82) is 0 Å². The van der Waals surface area contributed by atoms with Crippen molar-refractivity contribution in [2.75, 3.05) is 0 Å². The van der Waals surface area contributed by atoms with Gasteiger partial charge in [0.05, 0.1) is 0 Å². The van der Waals surface area contributed by atoms with Crippen LogP contribution in [0.5, 0.6) is 0 Å². The van der Waals surface area contributed by atoms with Gasteiger partial charge in [-0.25, -0.2) is 4.39 Å². The van der Waals surface area contributed by atoms with Crippen LogP contribution in [0.25, 0.3) is 0 Å². The summed E-state index contributed by atoms with van der Waals surface area (Å²) >= 11 is 0. The summed E-state index contributed by atoms with van der Waals surface area (Å²) < 4.78 is 13.9. The summed E-state index contributed by atoms with van der Waals surface area (Å²) in [5, 5.41) is 3.63. The minimum Gasteiger partial charge on any atom is -0.303 e. The van der Waals surface area contributed by atoms with Crippen LogP contribution in [0.2, 0.25) is 0 Å². The van der Waals surface area contributed by atoms with Crippen LogP contribution >= 0.6 is 0 Å². The average molecular weight is 283 g/mol. The summed E-state index contributed by atoms with van der Waals surface area (Å²) in [4.78, 5) is 0. The maximum atomic E-state index is 13.9. The first-order chi connectivity index (χ1) is 10.3. The molecule has 0 aromatic heterocycles. The molecule has 0 saturated carbocycles. The van der Waals surface area contributed by atoms with Crippen molar-refractivity contribution in [3.63, 3.8) is 0 Å². The molecule has 0 heterocycles. The predicted molar refractivity (Wildman–Crippen MR) is 84.7 cm³/mol. The van der Waals surface area contributed by atoms with Gasteiger partial charge >= 0.3 is 0 Å². The van der Waals surface area contributed by atoms with Crippen molar-refractivity contribution >= 4 is 0 Å². The molecule has 0 amide bonds. The highest BCUT2D eigenvalue weighted by atomic mass is 19.1. The van der Waals surface area contributed by atoms with E-state index >= 15 is 0 Å². The van der Waals surface area contributed by atoms with Gasteiger partial charge in [-0.05, 0) is 43.4 Å². The van der Waals surface area contributed by atoms with Crippen LogP contribution in [0.15, 0.2) is 48.5 Å². The van der Waals surface area contributed by atoms with Gasteiger partial charge in [-0.1, -0.05) is 48.9 Å². The van der Waals surface area contributed by atoms with Crippen LogP contribution in [-0.2, 0) is 6.42 Å². The number of nitrogens with one attached hydrogen (secondary N) is 1. The third kappa shape index (κ3) is 3.16. The first kappa shape index (κ1) is 14.3. The lowest BCUT2D eigenvalue weighted by atomic mass is 9.97. The SMILES string of the molecule is CC(NC1CCCCc2ccccc21)c1ccccc1F. The molecule has 1 nitrogen and oxygen atoms in total. The van der Waals surface area contributed by atoms with Gasteiger partial charge in [0.25, 0.3) is 0 Å². The fraction of sp³-hybridized carbons (Fsp3) is 0.368. The molecule has 1 aliphatic rings. The van der Waals surface area contributed by atoms with Crippen LogP contribution in [0, 0.1) is 5.82 Å². The average Bonchev–Trinajstić information content (AvgIpc) is 2.70. The lowest BCUT2D eigenvalue weighted by molar-refractivity contribution is 0.427. The standard InChI is InChI=1S/C19H22FN/c1-14(16-10-5-6-12-18(16)20)21-19-13-7-3-9-15-8-2-4-11-17(15)19/h2,4-6,8,10-12,14,19,21H,3,7,9,13H2,1H3. The van der Waals surface area contributed by atoms with Crippen molar-refractivity contribution < 1.29 is 4.39 Å². The van der Waals surface area contributed by atoms with E-state index in [9.17, 15) is 4.39 Å². The zero-order valence-electron chi connectivity index (χ0n) is 12.5. The first-order valence-corrected chi connectivity index (χ1v) is 7.84. The van der Waals surface area contributed by atoms with E-state index in [1.807, 2.05) is 19.1 Å². The lowest BCUT2D eigenvalue weighted by Gasteiger charge is -2.24. The molecule has 2 unspecified atom stereocenters. The van der Waals surface area contributed by atoms with E-state index in [0.717, 1.165) is 18.4 Å². The fourth-order valence-corrected chi connectivity index (χ4v) is 3.31. The smallest absolute Gasteiger partial charge is 0.127 e. The summed E-state index contributed by atoms with van der Waals surface area (Å²) in [6, 6.07) is 16.0. The predicted octanol–water partition coefficient (Wildman–Crippen LogP) is 4.94. The van der Waals surface area contributed by atoms with E-state index in [2.05, 4.69) is 29.6 Å². The largest absolute Gasteiger partial charge is 0.303 e. The second kappa shape index (κ2) is 6.40. The Balaban J connectivity index is 1.83. The normalized spacial score (nSPS) is 19.6. The highest BCUT2D eigenvalue weighted by Crippen LogP contribution is 2.31. The van der Waals surface area contributed by atoms with Crippen molar-refractivity contribution in [1.82, 2.24) is 5.32 Å². The van der Waals surface area contributed by atoms with Crippen LogP contribution in [0.4, 0.5) is 4.39 Å². The summed E-state index contributed by atoms with van der Waals surface area (Å²) in [5.41, 5.74) is 3.57. The Kier molecular flexibility index (Phi) is 4.35. The molecule has 1 aliphatic carbocycles. The monoisotopic (exact) mass is 283 g/mol. The summed E-state index contributed by atoms with van der Waals surface area (Å²) in [6.45, 7) is 2.05. The molecule has 0 spiro atoms. The van der Waals surface area contributed by atoms with Crippen LogP contribution in [0.1, 0.15) is 55.0 Å². The minimum atomic E-state index is -0.126. The highest BCUT2D eigenvalue weighted by Gasteiger charge is 2.21. The molecule has 2 aromatic carbocycles. The molecule has 2 heteroatoms. The molecule has 0 radical (unpaired) electrons. The number of rotatable bonds is 3. The first-order valence-electron chi connectivity index (χ1n) is 7.84. The zero-order chi connectivity index (χ0) is 14.7. The maximum Gasteiger partial charge on any atom is 0.127 e. The van der Waals surface area contributed by atoms with E-state index in [4.69, 9.17) is 0 Å². The Labute approximate surface area is 126 Å². The van der Waals surface area contributed by atoms with Crippen molar-refractivity contribution in [2.24, 2.45) is 0 Å². The number of aryl methyl sites for hydroxylation is 1. The minimum absolute atomic E-state index is 0.0161. The van der Waals surface area contributed by atoms with Crippen molar-refractivity contribution in [3.05, 3.63) is 71.0 Å². The molecule has 2 aromatic rings. The van der Waals surface area contributed by atoms with Gasteiger partial charge in [0.2, 0.25) is 0 Å². The maximum absolute atomic E-state index is 13.9. The fourth-order valence-electron chi connectivity index (χ4n) is 3.31. The van der Waals surface area contributed by atoms with E-state index in [1.165, 1.54) is 30.0 Å². The Bertz CT molecular complexity index is 608. The van der Waals surface area contributed by atoms with E-state index in [1.54, 1.807) is 6.07 Å². The molecule has 0 saturated heterocycles. The molecule has 2 atom stereocenters. The molecule has 0 fully saturated rings. The lowest BCUT2D eigenvalue weighted by Crippen LogP contribution is -2.25. The van der Waals surface area contributed by atoms with Crippen LogP contribution < -0.4 is 5.32 Å². The van der Waals surface area contributed by atoms with Gasteiger partial charge < -0.3 is 5.32 Å². The molecule has 0 bridgehead atoms. The van der Waals surface area contributed by atoms with E-state index in [-0.39, 0.29) is 11.9 Å². The van der Waals surface area contributed by atoms with Gasteiger partial charge in [0, 0.05) is 17.6 Å². The van der Waals surface area contributed by atoms with Gasteiger partial charge in [0.1, 0.15) is 5.82 Å². The number of hydrogen-bond acceptors (Lipinski definition) is 1. The van der Waals surface area contributed by atoms with Gasteiger partial charge in [-0.2, -0.15) is 0 Å². The summed E-state index contributed by atoms with van der Waals surface area (Å²) in [6.07, 6.45) is 4.73. The molecule has 21 heavy (non-hydrogen) atoms. The highest BCUT2D eigenvalue weighted by molar-refractivity contribution is 5.32. The second-order valence-electron chi connectivity index (χ2n) is 5.91. The molecular weight excluding hydrogens is 261 g/mol. The summed E-state index contributed by atoms with van der Waals surface area (Å²) in [7, 11) is 0. The topological polar surface area (TPSA) is 12.0 Å². The third-order valence-corrected chi connectivity index (χ3v) is 4.44. The van der Waals surface area contributed by atoms with Crippen LogP contribution in [0.3, 0.4) is 0 Å². The number of halogens is 1. The van der Waals surface area contributed by atoms with E-state index < -0.39 is 0 Å². The Morgan fingerprint density at radius 2 is 1.81 bits per heavy atom. The molecule has 0 aliphatic heterocycles. The van der Waals surface area contributed by atoms with Gasteiger partial charge in [-0.15, -0.1) is 0 Å². The van der Waals surface area contributed by atoms with Crippen LogP contribution in [-0.4, -0.2) is 0 Å². The quantitative estimate of drug-likeness (QED) is 0.786. The number of hydrogen-bond donors (Lipinski definition) is 1. The molecular formula is C19H22FN. The summed E-state index contributed by atoms with van der Waals surface area (Å²) in [5.74, 6) is -0.126. The Hall–Kier alpha value is -1.67. The zero-order valence-corrected chi connectivity index (χ0v) is 12.5. The molecule has 3 rings (SSSR count). The Morgan fingerprint density at radius 1 is 1.05 bits per heavy atom. The van der Waals surface area contributed by atoms with Crippen molar-refractivity contribution in [2.45, 2.75) is 44.7 Å². The number of fused-ring (bicyclic) bond motifs is 1. The number of benzene rings is 2. The van der Waals surface area contributed by atoms with Gasteiger partial charge in [-0.3, -0.25) is 0 Å².